The van der Waals surface area contributed by atoms with Gasteiger partial charge >= 0.3 is 0 Å². The molecule has 19 heavy (non-hydrogen) atoms. The first-order valence-corrected chi connectivity index (χ1v) is 7.01. The van der Waals surface area contributed by atoms with Crippen LogP contribution >= 0.6 is 11.5 Å². The fourth-order valence-corrected chi connectivity index (χ4v) is 2.60. The topological polar surface area (TPSA) is 66.5 Å². The van der Waals surface area contributed by atoms with Gasteiger partial charge in [0.15, 0.2) is 5.82 Å². The lowest BCUT2D eigenvalue weighted by Crippen LogP contribution is -2.09. The van der Waals surface area contributed by atoms with Crippen molar-refractivity contribution in [2.24, 2.45) is 0 Å². The van der Waals surface area contributed by atoms with Gasteiger partial charge in [-0.2, -0.15) is 4.37 Å². The molecule has 3 rings (SSSR count). The zero-order valence-corrected chi connectivity index (χ0v) is 11.7. The molecule has 0 atom stereocenters. The molecule has 0 saturated heterocycles. The number of nitrogens with one attached hydrogen (secondary N) is 2. The molecule has 5 nitrogen and oxygen atoms in total. The van der Waals surface area contributed by atoms with Gasteiger partial charge in [-0.15, -0.1) is 0 Å². The second-order valence-corrected chi connectivity index (χ2v) is 5.44. The Balaban J connectivity index is 1.78. The molecule has 0 bridgehead atoms. The number of anilines is 1. The minimum atomic E-state index is 0.368. The standard InChI is InChI=1S/C13H15N5S/c1-8(2)14-13-17-12(18-19-13)7-11-15-9-5-3-4-6-10(9)16-11/h3-6,8H,7H2,1-2H3,(H,15,16)(H,14,17,18). The number of fused-ring (bicyclic) bond motifs is 1. The molecule has 0 amide bonds. The van der Waals surface area contributed by atoms with Gasteiger partial charge in [0, 0.05) is 17.6 Å². The molecule has 0 unspecified atom stereocenters. The smallest absolute Gasteiger partial charge is 0.202 e. The fourth-order valence-electron chi connectivity index (χ4n) is 1.87. The molecule has 98 valence electrons. The summed E-state index contributed by atoms with van der Waals surface area (Å²) < 4.78 is 4.34. The van der Waals surface area contributed by atoms with Crippen molar-refractivity contribution in [3.8, 4) is 0 Å². The molecule has 2 aromatic heterocycles. The summed E-state index contributed by atoms with van der Waals surface area (Å²) >= 11 is 1.39. The molecular weight excluding hydrogens is 258 g/mol. The second-order valence-electron chi connectivity index (χ2n) is 4.69. The van der Waals surface area contributed by atoms with Crippen molar-refractivity contribution in [2.75, 3.05) is 5.32 Å². The normalized spacial score (nSPS) is 11.3. The maximum absolute atomic E-state index is 4.53. The Morgan fingerprint density at radius 2 is 2.11 bits per heavy atom. The third kappa shape index (κ3) is 2.73. The highest BCUT2D eigenvalue weighted by molar-refractivity contribution is 7.09. The van der Waals surface area contributed by atoms with Crippen LogP contribution in [0.3, 0.4) is 0 Å². The average Bonchev–Trinajstić information content (AvgIpc) is 2.94. The highest BCUT2D eigenvalue weighted by Gasteiger charge is 2.08. The summed E-state index contributed by atoms with van der Waals surface area (Å²) in [6, 6.07) is 8.36. The largest absolute Gasteiger partial charge is 0.358 e. The number of imidazole rings is 1. The molecule has 6 heteroatoms. The monoisotopic (exact) mass is 273 g/mol. The van der Waals surface area contributed by atoms with Crippen LogP contribution in [0.2, 0.25) is 0 Å². The number of rotatable bonds is 4. The molecule has 3 aromatic rings. The third-order valence-electron chi connectivity index (χ3n) is 2.64. The summed E-state index contributed by atoms with van der Waals surface area (Å²) in [5, 5.41) is 4.11. The van der Waals surface area contributed by atoms with Gasteiger partial charge in [0.25, 0.3) is 0 Å². The zero-order valence-electron chi connectivity index (χ0n) is 10.8. The van der Waals surface area contributed by atoms with E-state index < -0.39 is 0 Å². The van der Waals surface area contributed by atoms with Crippen molar-refractivity contribution in [1.29, 1.82) is 0 Å². The van der Waals surface area contributed by atoms with Gasteiger partial charge in [0.1, 0.15) is 5.82 Å². The number of aromatic amines is 1. The van der Waals surface area contributed by atoms with Gasteiger partial charge in [-0.05, 0) is 26.0 Å². The van der Waals surface area contributed by atoms with Crippen LogP contribution in [0.5, 0.6) is 0 Å². The lowest BCUT2D eigenvalue weighted by molar-refractivity contribution is 0.888. The van der Waals surface area contributed by atoms with E-state index in [1.54, 1.807) is 0 Å². The highest BCUT2D eigenvalue weighted by Crippen LogP contribution is 2.16. The molecular formula is C13H15N5S. The third-order valence-corrected chi connectivity index (χ3v) is 3.33. The highest BCUT2D eigenvalue weighted by atomic mass is 32.1. The van der Waals surface area contributed by atoms with E-state index in [2.05, 4.69) is 38.5 Å². The van der Waals surface area contributed by atoms with Crippen LogP contribution in [0.25, 0.3) is 11.0 Å². The number of hydrogen-bond donors (Lipinski definition) is 2. The van der Waals surface area contributed by atoms with E-state index in [4.69, 9.17) is 0 Å². The number of aromatic nitrogens is 4. The number of nitrogens with zero attached hydrogens (tertiary/aromatic N) is 3. The van der Waals surface area contributed by atoms with Gasteiger partial charge in [-0.1, -0.05) is 12.1 Å². The van der Waals surface area contributed by atoms with Gasteiger partial charge in [0.2, 0.25) is 5.13 Å². The van der Waals surface area contributed by atoms with Crippen LogP contribution in [0.4, 0.5) is 5.13 Å². The van der Waals surface area contributed by atoms with Gasteiger partial charge in [0.05, 0.1) is 17.5 Å². The van der Waals surface area contributed by atoms with E-state index in [0.717, 1.165) is 27.8 Å². The van der Waals surface area contributed by atoms with Crippen molar-refractivity contribution in [1.82, 2.24) is 19.3 Å². The molecule has 0 spiro atoms. The first-order chi connectivity index (χ1) is 9.20. The predicted molar refractivity (Wildman–Crippen MR) is 77.6 cm³/mol. The first-order valence-electron chi connectivity index (χ1n) is 6.23. The van der Waals surface area contributed by atoms with Crippen LogP contribution < -0.4 is 5.32 Å². The maximum Gasteiger partial charge on any atom is 0.202 e. The summed E-state index contributed by atoms with van der Waals surface area (Å²) in [5.41, 5.74) is 2.03. The summed E-state index contributed by atoms with van der Waals surface area (Å²) in [7, 11) is 0. The molecule has 1 aromatic carbocycles. The van der Waals surface area contributed by atoms with Crippen molar-refractivity contribution in [3.05, 3.63) is 35.9 Å². The van der Waals surface area contributed by atoms with E-state index in [0.29, 0.717) is 12.5 Å². The number of hydrogen-bond acceptors (Lipinski definition) is 5. The lowest BCUT2D eigenvalue weighted by Gasteiger charge is -2.03. The van der Waals surface area contributed by atoms with Crippen LogP contribution in [-0.4, -0.2) is 25.4 Å². The average molecular weight is 273 g/mol. The zero-order chi connectivity index (χ0) is 13.2. The van der Waals surface area contributed by atoms with Crippen molar-refractivity contribution < 1.29 is 0 Å². The summed E-state index contributed by atoms with van der Waals surface area (Å²) in [6.07, 6.45) is 0.630. The Kier molecular flexibility index (Phi) is 3.16. The van der Waals surface area contributed by atoms with Gasteiger partial charge in [-0.3, -0.25) is 0 Å². The molecule has 0 radical (unpaired) electrons. The molecule has 0 saturated carbocycles. The molecule has 2 N–H and O–H groups in total. The number of H-pyrrole nitrogens is 1. The number of benzene rings is 1. The first kappa shape index (κ1) is 12.1. The molecule has 0 fully saturated rings. The molecule has 0 aliphatic carbocycles. The van der Waals surface area contributed by atoms with Crippen LogP contribution in [0.15, 0.2) is 24.3 Å². The van der Waals surface area contributed by atoms with E-state index in [1.807, 2.05) is 24.3 Å². The van der Waals surface area contributed by atoms with Crippen molar-refractivity contribution in [2.45, 2.75) is 26.3 Å². The Hall–Kier alpha value is -1.95. The summed E-state index contributed by atoms with van der Waals surface area (Å²) in [4.78, 5) is 12.3. The Bertz CT molecular complexity index is 652. The molecule has 0 aliphatic rings. The minimum absolute atomic E-state index is 0.368. The Morgan fingerprint density at radius 1 is 1.26 bits per heavy atom. The van der Waals surface area contributed by atoms with E-state index in [1.165, 1.54) is 11.5 Å². The summed E-state index contributed by atoms with van der Waals surface area (Å²) in [6.45, 7) is 4.17. The summed E-state index contributed by atoms with van der Waals surface area (Å²) in [5.74, 6) is 1.70. The Morgan fingerprint density at radius 3 is 2.89 bits per heavy atom. The van der Waals surface area contributed by atoms with E-state index >= 15 is 0 Å². The van der Waals surface area contributed by atoms with Gasteiger partial charge in [-0.25, -0.2) is 9.97 Å². The number of para-hydroxylation sites is 2. The maximum atomic E-state index is 4.53. The van der Waals surface area contributed by atoms with Crippen molar-refractivity contribution in [3.63, 3.8) is 0 Å². The fraction of sp³-hybridized carbons (Fsp3) is 0.308. The van der Waals surface area contributed by atoms with Gasteiger partial charge < -0.3 is 10.3 Å². The van der Waals surface area contributed by atoms with E-state index in [9.17, 15) is 0 Å². The second kappa shape index (κ2) is 4.97. The van der Waals surface area contributed by atoms with Crippen LogP contribution in [0.1, 0.15) is 25.5 Å². The van der Waals surface area contributed by atoms with E-state index in [-0.39, 0.29) is 0 Å². The lowest BCUT2D eigenvalue weighted by atomic mass is 10.3. The molecule has 2 heterocycles. The minimum Gasteiger partial charge on any atom is -0.358 e. The van der Waals surface area contributed by atoms with Crippen LogP contribution in [0, 0.1) is 0 Å². The predicted octanol–water partition coefficient (Wildman–Crippen LogP) is 2.83. The van der Waals surface area contributed by atoms with Crippen molar-refractivity contribution >= 4 is 27.7 Å². The molecule has 0 aliphatic heterocycles. The Labute approximate surface area is 115 Å². The van der Waals surface area contributed by atoms with Crippen LogP contribution in [-0.2, 0) is 6.42 Å². The SMILES string of the molecule is CC(C)Nc1nc(Cc2nc3ccccc3[nH]2)ns1. The quantitative estimate of drug-likeness (QED) is 0.767.